The summed E-state index contributed by atoms with van der Waals surface area (Å²) in [5.74, 6) is -2.52. The minimum Gasteiger partial charge on any atom is -0.345 e. The maximum absolute atomic E-state index is 13.1. The van der Waals surface area contributed by atoms with E-state index in [0.29, 0.717) is 5.56 Å². The van der Waals surface area contributed by atoms with Gasteiger partial charge in [0.05, 0.1) is 6.04 Å². The summed E-state index contributed by atoms with van der Waals surface area (Å²) in [6.07, 6.45) is 1.41. The number of carbonyl (C=O) groups is 1. The molecule has 2 aromatic rings. The number of aromatic nitrogens is 1. The Hall–Kier alpha value is -2.50. The largest absolute Gasteiger partial charge is 0.345 e. The van der Waals surface area contributed by atoms with E-state index in [9.17, 15) is 18.4 Å². The Balaban J connectivity index is 2.17. The van der Waals surface area contributed by atoms with Gasteiger partial charge in [-0.05, 0) is 36.8 Å². The van der Waals surface area contributed by atoms with E-state index >= 15 is 0 Å². The van der Waals surface area contributed by atoms with Gasteiger partial charge in [-0.2, -0.15) is 0 Å². The van der Waals surface area contributed by atoms with Crippen LogP contribution in [0.3, 0.4) is 0 Å². The molecule has 1 heterocycles. The van der Waals surface area contributed by atoms with Gasteiger partial charge in [0, 0.05) is 6.20 Å². The monoisotopic (exact) mass is 278 g/mol. The van der Waals surface area contributed by atoms with Crippen LogP contribution in [0.1, 0.15) is 28.9 Å². The molecule has 2 rings (SSSR count). The molecule has 4 nitrogen and oxygen atoms in total. The van der Waals surface area contributed by atoms with Crippen LogP contribution < -0.4 is 10.9 Å². The molecule has 20 heavy (non-hydrogen) atoms. The number of amides is 1. The zero-order valence-electron chi connectivity index (χ0n) is 10.6. The lowest BCUT2D eigenvalue weighted by Gasteiger charge is -2.14. The number of halogens is 2. The topological polar surface area (TPSA) is 62.0 Å². The number of benzene rings is 1. The third-order valence-corrected chi connectivity index (χ3v) is 2.85. The summed E-state index contributed by atoms with van der Waals surface area (Å²) in [6.45, 7) is 1.61. The van der Waals surface area contributed by atoms with Gasteiger partial charge in [-0.1, -0.05) is 6.07 Å². The summed E-state index contributed by atoms with van der Waals surface area (Å²) in [5.41, 5.74) is -0.144. The molecule has 0 bridgehead atoms. The summed E-state index contributed by atoms with van der Waals surface area (Å²) >= 11 is 0. The van der Waals surface area contributed by atoms with Gasteiger partial charge in [0.1, 0.15) is 5.56 Å². The molecule has 6 heteroatoms. The minimum atomic E-state index is -0.985. The van der Waals surface area contributed by atoms with Gasteiger partial charge in [-0.25, -0.2) is 8.78 Å². The lowest BCUT2D eigenvalue weighted by molar-refractivity contribution is 0.0938. The highest BCUT2D eigenvalue weighted by atomic mass is 19.2. The summed E-state index contributed by atoms with van der Waals surface area (Å²) in [5, 5.41) is 2.55. The second-order valence-corrected chi connectivity index (χ2v) is 4.28. The normalized spacial score (nSPS) is 11.9. The third-order valence-electron chi connectivity index (χ3n) is 2.85. The lowest BCUT2D eigenvalue weighted by atomic mass is 10.1. The first-order valence-corrected chi connectivity index (χ1v) is 5.92. The molecular formula is C14H12F2N2O2. The van der Waals surface area contributed by atoms with Crippen LogP contribution in [0.25, 0.3) is 0 Å². The van der Waals surface area contributed by atoms with Gasteiger partial charge >= 0.3 is 0 Å². The van der Waals surface area contributed by atoms with Crippen molar-refractivity contribution in [2.45, 2.75) is 13.0 Å². The molecule has 0 radical (unpaired) electrons. The number of hydrogen-bond acceptors (Lipinski definition) is 2. The number of nitrogens with one attached hydrogen (secondary N) is 2. The summed E-state index contributed by atoms with van der Waals surface area (Å²) in [6, 6.07) is 5.72. The first-order valence-electron chi connectivity index (χ1n) is 5.92. The van der Waals surface area contributed by atoms with Gasteiger partial charge in [0.2, 0.25) is 0 Å². The number of H-pyrrole nitrogens is 1. The molecule has 0 spiro atoms. The molecule has 0 saturated heterocycles. The quantitative estimate of drug-likeness (QED) is 0.903. The van der Waals surface area contributed by atoms with E-state index in [4.69, 9.17) is 0 Å². The van der Waals surface area contributed by atoms with Gasteiger partial charge in [0.15, 0.2) is 11.6 Å². The summed E-state index contributed by atoms with van der Waals surface area (Å²) < 4.78 is 26.0. The zero-order valence-corrected chi connectivity index (χ0v) is 10.6. The predicted molar refractivity (Wildman–Crippen MR) is 69.3 cm³/mol. The second kappa shape index (κ2) is 5.64. The highest BCUT2D eigenvalue weighted by molar-refractivity contribution is 5.93. The number of rotatable bonds is 3. The van der Waals surface area contributed by atoms with Crippen molar-refractivity contribution in [3.63, 3.8) is 0 Å². The molecule has 2 N–H and O–H groups in total. The third kappa shape index (κ3) is 2.90. The molecule has 1 unspecified atom stereocenters. The van der Waals surface area contributed by atoms with Crippen molar-refractivity contribution in [3.05, 3.63) is 69.6 Å². The van der Waals surface area contributed by atoms with Gasteiger partial charge < -0.3 is 10.3 Å². The van der Waals surface area contributed by atoms with E-state index in [1.54, 1.807) is 6.92 Å². The van der Waals surface area contributed by atoms with Crippen LogP contribution >= 0.6 is 0 Å². The highest BCUT2D eigenvalue weighted by Gasteiger charge is 2.15. The van der Waals surface area contributed by atoms with Gasteiger partial charge in [-0.15, -0.1) is 0 Å². The second-order valence-electron chi connectivity index (χ2n) is 4.28. The van der Waals surface area contributed by atoms with Crippen LogP contribution in [-0.2, 0) is 0 Å². The Morgan fingerprint density at radius 1 is 1.25 bits per heavy atom. The van der Waals surface area contributed by atoms with Crippen molar-refractivity contribution in [2.75, 3.05) is 0 Å². The highest BCUT2D eigenvalue weighted by Crippen LogP contribution is 2.16. The van der Waals surface area contributed by atoms with Crippen molar-refractivity contribution in [1.29, 1.82) is 0 Å². The first kappa shape index (κ1) is 13.9. The van der Waals surface area contributed by atoms with Crippen molar-refractivity contribution < 1.29 is 13.6 Å². The standard InChI is InChI=1S/C14H12F2N2O2/c1-8(9-4-5-11(15)12(16)7-9)18-14(20)10-3-2-6-17-13(10)19/h2-8H,1H3,(H,17,19)(H,18,20). The van der Waals surface area contributed by atoms with E-state index < -0.39 is 29.1 Å². The fraction of sp³-hybridized carbons (Fsp3) is 0.143. The SMILES string of the molecule is CC(NC(=O)c1ccc[nH]c1=O)c1ccc(F)c(F)c1. The molecule has 0 aliphatic heterocycles. The number of aromatic amines is 1. The molecule has 104 valence electrons. The Kier molecular flexibility index (Phi) is 3.93. The lowest BCUT2D eigenvalue weighted by Crippen LogP contribution is -2.31. The fourth-order valence-corrected chi connectivity index (χ4v) is 1.74. The van der Waals surface area contributed by atoms with E-state index in [1.807, 2.05) is 0 Å². The molecule has 1 amide bonds. The molecule has 0 aliphatic rings. The zero-order chi connectivity index (χ0) is 14.7. The Morgan fingerprint density at radius 3 is 2.65 bits per heavy atom. The smallest absolute Gasteiger partial charge is 0.260 e. The van der Waals surface area contributed by atoms with Crippen LogP contribution in [0, 0.1) is 11.6 Å². The molecule has 1 aromatic heterocycles. The van der Waals surface area contributed by atoms with E-state index in [2.05, 4.69) is 10.3 Å². The molecule has 1 aromatic carbocycles. The van der Waals surface area contributed by atoms with Crippen LogP contribution in [0.15, 0.2) is 41.3 Å². The van der Waals surface area contributed by atoms with Crippen molar-refractivity contribution in [1.82, 2.24) is 10.3 Å². The maximum Gasteiger partial charge on any atom is 0.260 e. The molecule has 0 saturated carbocycles. The summed E-state index contributed by atoms with van der Waals surface area (Å²) in [4.78, 5) is 25.7. The summed E-state index contributed by atoms with van der Waals surface area (Å²) in [7, 11) is 0. The Labute approximate surface area is 113 Å². The number of carbonyl (C=O) groups excluding carboxylic acids is 1. The first-order chi connectivity index (χ1) is 9.49. The fourth-order valence-electron chi connectivity index (χ4n) is 1.74. The number of pyridine rings is 1. The Morgan fingerprint density at radius 2 is 2.00 bits per heavy atom. The Bertz CT molecular complexity index is 698. The average Bonchev–Trinajstić information content (AvgIpc) is 2.42. The predicted octanol–water partition coefficient (Wildman–Crippen LogP) is 2.14. The van der Waals surface area contributed by atoms with Crippen LogP contribution in [0.4, 0.5) is 8.78 Å². The van der Waals surface area contributed by atoms with Crippen LogP contribution in [0.2, 0.25) is 0 Å². The van der Waals surface area contributed by atoms with Crippen molar-refractivity contribution in [3.8, 4) is 0 Å². The van der Waals surface area contributed by atoms with Crippen molar-refractivity contribution >= 4 is 5.91 Å². The van der Waals surface area contributed by atoms with Crippen molar-refractivity contribution in [2.24, 2.45) is 0 Å². The molecule has 1 atom stereocenters. The van der Waals surface area contributed by atoms with E-state index in [0.717, 1.165) is 12.1 Å². The van der Waals surface area contributed by atoms with E-state index in [-0.39, 0.29) is 5.56 Å². The number of hydrogen-bond donors (Lipinski definition) is 2. The van der Waals surface area contributed by atoms with Gasteiger partial charge in [0.25, 0.3) is 11.5 Å². The minimum absolute atomic E-state index is 0.0399. The molecular weight excluding hydrogens is 266 g/mol. The van der Waals surface area contributed by atoms with Crippen LogP contribution in [0.5, 0.6) is 0 Å². The molecule has 0 aliphatic carbocycles. The maximum atomic E-state index is 13.1. The van der Waals surface area contributed by atoms with E-state index in [1.165, 1.54) is 24.4 Å². The van der Waals surface area contributed by atoms with Gasteiger partial charge in [-0.3, -0.25) is 9.59 Å². The average molecular weight is 278 g/mol. The van der Waals surface area contributed by atoms with Crippen LogP contribution in [-0.4, -0.2) is 10.9 Å². The molecule has 0 fully saturated rings.